The van der Waals surface area contributed by atoms with Crippen molar-refractivity contribution in [1.82, 2.24) is 14.8 Å². The fourth-order valence-electron chi connectivity index (χ4n) is 4.47. The van der Waals surface area contributed by atoms with Gasteiger partial charge in [-0.2, -0.15) is 0 Å². The third-order valence-corrected chi connectivity index (χ3v) is 6.01. The highest BCUT2D eigenvalue weighted by Crippen LogP contribution is 2.37. The van der Waals surface area contributed by atoms with E-state index in [2.05, 4.69) is 5.32 Å². The molecule has 1 aromatic carbocycles. The Kier molecular flexibility index (Phi) is 4.21. The van der Waals surface area contributed by atoms with Gasteiger partial charge >= 0.3 is 5.97 Å². The second kappa shape index (κ2) is 6.47. The number of hydrogen-bond acceptors (Lipinski definition) is 4. The summed E-state index contributed by atoms with van der Waals surface area (Å²) in [4.78, 5) is 50.7. The van der Waals surface area contributed by atoms with E-state index in [1.54, 1.807) is 34.8 Å². The van der Waals surface area contributed by atoms with E-state index in [1.165, 1.54) is 0 Å². The van der Waals surface area contributed by atoms with Crippen LogP contribution in [-0.2, 0) is 16.6 Å². The standard InChI is InChI=1S/C20H21N3O5/c1-22-11-13(17(25)12-4-2-3-5-15(12)22)18(26)23-8-6-20(7-9-23)14(19(27)28)10-16(24)21-20/h2-5,11,14H,6-10H2,1H3,(H,21,24)(H,27,28). The quantitative estimate of drug-likeness (QED) is 0.795. The molecule has 1 atom stereocenters. The van der Waals surface area contributed by atoms with Crippen molar-refractivity contribution in [3.05, 3.63) is 46.2 Å². The van der Waals surface area contributed by atoms with E-state index in [9.17, 15) is 24.3 Å². The largest absolute Gasteiger partial charge is 0.481 e. The van der Waals surface area contributed by atoms with Crippen LogP contribution in [0.2, 0.25) is 0 Å². The zero-order valence-corrected chi connectivity index (χ0v) is 15.5. The van der Waals surface area contributed by atoms with Gasteiger partial charge in [0.2, 0.25) is 11.3 Å². The van der Waals surface area contributed by atoms with E-state index in [0.29, 0.717) is 31.3 Å². The molecule has 1 spiro atoms. The zero-order valence-electron chi connectivity index (χ0n) is 15.5. The van der Waals surface area contributed by atoms with Crippen molar-refractivity contribution < 1.29 is 19.5 Å². The number of carbonyl (C=O) groups excluding carboxylic acids is 2. The fraction of sp³-hybridized carbons (Fsp3) is 0.400. The Balaban J connectivity index is 1.59. The number of hydrogen-bond donors (Lipinski definition) is 2. The summed E-state index contributed by atoms with van der Waals surface area (Å²) in [5, 5.41) is 12.8. The Bertz CT molecular complexity index is 1050. The number of nitrogens with one attached hydrogen (secondary N) is 1. The number of carboxylic acid groups (broad SMARTS) is 1. The number of rotatable bonds is 2. The summed E-state index contributed by atoms with van der Waals surface area (Å²) in [7, 11) is 1.79. The first-order valence-electron chi connectivity index (χ1n) is 9.24. The summed E-state index contributed by atoms with van der Waals surface area (Å²) >= 11 is 0. The molecule has 2 fully saturated rings. The fourth-order valence-corrected chi connectivity index (χ4v) is 4.47. The Morgan fingerprint density at radius 1 is 1.18 bits per heavy atom. The maximum atomic E-state index is 13.0. The van der Waals surface area contributed by atoms with Crippen LogP contribution in [0.3, 0.4) is 0 Å². The number of carbonyl (C=O) groups is 3. The lowest BCUT2D eigenvalue weighted by Gasteiger charge is -2.41. The molecule has 3 heterocycles. The number of aliphatic carboxylic acids is 1. The first-order chi connectivity index (χ1) is 13.3. The molecular formula is C20H21N3O5. The van der Waals surface area contributed by atoms with Crippen LogP contribution in [-0.4, -0.2) is 51.0 Å². The highest BCUT2D eigenvalue weighted by Gasteiger charge is 2.52. The van der Waals surface area contributed by atoms with Crippen molar-refractivity contribution in [2.45, 2.75) is 24.8 Å². The van der Waals surface area contributed by atoms with Gasteiger partial charge in [-0.3, -0.25) is 19.2 Å². The molecular weight excluding hydrogens is 362 g/mol. The Morgan fingerprint density at radius 2 is 1.86 bits per heavy atom. The SMILES string of the molecule is Cn1cc(C(=O)N2CCC3(CC2)NC(=O)CC3C(=O)O)c(=O)c2ccccc21. The molecule has 1 aromatic heterocycles. The van der Waals surface area contributed by atoms with E-state index < -0.39 is 17.4 Å². The molecule has 2 aliphatic rings. The predicted octanol–water partition coefficient (Wildman–Crippen LogP) is 0.734. The Hall–Kier alpha value is -3.16. The molecule has 2 saturated heterocycles. The van der Waals surface area contributed by atoms with E-state index >= 15 is 0 Å². The van der Waals surface area contributed by atoms with Crippen LogP contribution in [0.15, 0.2) is 35.3 Å². The molecule has 0 aliphatic carbocycles. The normalized spacial score (nSPS) is 21.1. The van der Waals surface area contributed by atoms with Gasteiger partial charge in [0, 0.05) is 38.1 Å². The second-order valence-electron chi connectivity index (χ2n) is 7.59. The maximum Gasteiger partial charge on any atom is 0.309 e. The molecule has 2 aromatic rings. The maximum absolute atomic E-state index is 13.0. The van der Waals surface area contributed by atoms with Gasteiger partial charge < -0.3 is 19.9 Å². The Labute approximate surface area is 160 Å². The number of aromatic nitrogens is 1. The lowest BCUT2D eigenvalue weighted by atomic mass is 9.77. The van der Waals surface area contributed by atoms with Crippen LogP contribution in [0.5, 0.6) is 0 Å². The number of piperidine rings is 1. The van der Waals surface area contributed by atoms with Crippen molar-refractivity contribution >= 4 is 28.7 Å². The minimum Gasteiger partial charge on any atom is -0.481 e. The van der Waals surface area contributed by atoms with E-state index in [0.717, 1.165) is 5.52 Å². The third kappa shape index (κ3) is 2.76. The molecule has 0 radical (unpaired) electrons. The van der Waals surface area contributed by atoms with Crippen LogP contribution in [0.4, 0.5) is 0 Å². The van der Waals surface area contributed by atoms with Gasteiger partial charge in [0.25, 0.3) is 5.91 Å². The first-order valence-corrected chi connectivity index (χ1v) is 9.24. The van der Waals surface area contributed by atoms with Gasteiger partial charge in [-0.15, -0.1) is 0 Å². The molecule has 28 heavy (non-hydrogen) atoms. The molecule has 0 bridgehead atoms. The topological polar surface area (TPSA) is 109 Å². The summed E-state index contributed by atoms with van der Waals surface area (Å²) < 4.78 is 1.76. The van der Waals surface area contributed by atoms with Crippen LogP contribution in [0.1, 0.15) is 29.6 Å². The first kappa shape index (κ1) is 18.2. The van der Waals surface area contributed by atoms with Gasteiger partial charge in [-0.1, -0.05) is 12.1 Å². The molecule has 4 rings (SSSR count). The molecule has 2 aliphatic heterocycles. The van der Waals surface area contributed by atoms with Crippen molar-refractivity contribution in [2.24, 2.45) is 13.0 Å². The van der Waals surface area contributed by atoms with Crippen LogP contribution in [0, 0.1) is 5.92 Å². The van der Waals surface area contributed by atoms with Crippen molar-refractivity contribution in [2.75, 3.05) is 13.1 Å². The van der Waals surface area contributed by atoms with E-state index in [4.69, 9.17) is 0 Å². The highest BCUT2D eigenvalue weighted by atomic mass is 16.4. The number of aryl methyl sites for hydroxylation is 1. The van der Waals surface area contributed by atoms with Crippen LogP contribution in [0.25, 0.3) is 10.9 Å². The molecule has 146 valence electrons. The lowest BCUT2D eigenvalue weighted by Crippen LogP contribution is -2.56. The molecule has 2 N–H and O–H groups in total. The summed E-state index contributed by atoms with van der Waals surface area (Å²) in [6.45, 7) is 0.581. The highest BCUT2D eigenvalue weighted by molar-refractivity contribution is 5.97. The van der Waals surface area contributed by atoms with Gasteiger partial charge in [-0.25, -0.2) is 0 Å². The van der Waals surface area contributed by atoms with Crippen molar-refractivity contribution in [3.8, 4) is 0 Å². The van der Waals surface area contributed by atoms with Gasteiger partial charge in [0.15, 0.2) is 0 Å². The number of fused-ring (bicyclic) bond motifs is 1. The number of pyridine rings is 1. The summed E-state index contributed by atoms with van der Waals surface area (Å²) in [6.07, 6.45) is 2.23. The molecule has 8 heteroatoms. The van der Waals surface area contributed by atoms with Crippen molar-refractivity contribution in [3.63, 3.8) is 0 Å². The second-order valence-corrected chi connectivity index (χ2v) is 7.59. The molecule has 2 amide bonds. The monoisotopic (exact) mass is 383 g/mol. The predicted molar refractivity (Wildman–Crippen MR) is 101 cm³/mol. The number of nitrogens with zero attached hydrogens (tertiary/aromatic N) is 2. The summed E-state index contributed by atoms with van der Waals surface area (Å²) in [5.41, 5.74) is -0.271. The lowest BCUT2D eigenvalue weighted by molar-refractivity contribution is -0.144. The number of benzene rings is 1. The van der Waals surface area contributed by atoms with Crippen molar-refractivity contribution in [1.29, 1.82) is 0 Å². The summed E-state index contributed by atoms with van der Waals surface area (Å²) in [6, 6.07) is 7.12. The smallest absolute Gasteiger partial charge is 0.309 e. The van der Waals surface area contributed by atoms with Crippen LogP contribution >= 0.6 is 0 Å². The molecule has 1 unspecified atom stereocenters. The zero-order chi connectivity index (χ0) is 20.1. The average Bonchev–Trinajstić information content (AvgIpc) is 3.01. The number of likely N-dealkylation sites (tertiary alicyclic amines) is 1. The molecule has 0 saturated carbocycles. The van der Waals surface area contributed by atoms with E-state index in [-0.39, 0.29) is 29.2 Å². The molecule has 8 nitrogen and oxygen atoms in total. The Morgan fingerprint density at radius 3 is 2.54 bits per heavy atom. The number of amides is 2. The minimum atomic E-state index is -0.999. The van der Waals surface area contributed by atoms with Gasteiger partial charge in [0.05, 0.1) is 17.0 Å². The number of para-hydroxylation sites is 1. The summed E-state index contributed by atoms with van der Waals surface area (Å²) in [5.74, 6) is -2.42. The number of carboxylic acids is 1. The average molecular weight is 383 g/mol. The van der Waals surface area contributed by atoms with Gasteiger partial charge in [0.1, 0.15) is 5.56 Å². The van der Waals surface area contributed by atoms with E-state index in [1.807, 2.05) is 12.1 Å². The van der Waals surface area contributed by atoms with Gasteiger partial charge in [-0.05, 0) is 25.0 Å². The van der Waals surface area contributed by atoms with Crippen LogP contribution < -0.4 is 10.7 Å². The minimum absolute atomic E-state index is 0.0332. The third-order valence-electron chi connectivity index (χ3n) is 6.01.